The number of hydrogen-bond acceptors (Lipinski definition) is 4. The van der Waals surface area contributed by atoms with Gasteiger partial charge in [-0.3, -0.25) is 0 Å². The fourth-order valence-corrected chi connectivity index (χ4v) is 1.73. The van der Waals surface area contributed by atoms with Gasteiger partial charge in [-0.1, -0.05) is 42.5 Å². The van der Waals surface area contributed by atoms with E-state index in [0.717, 1.165) is 5.56 Å². The van der Waals surface area contributed by atoms with E-state index in [0.29, 0.717) is 13.2 Å². The van der Waals surface area contributed by atoms with Crippen molar-refractivity contribution in [3.8, 4) is 0 Å². The van der Waals surface area contributed by atoms with Gasteiger partial charge in [0.05, 0.1) is 6.61 Å². The summed E-state index contributed by atoms with van der Waals surface area (Å²) in [5.41, 5.74) is 0.988. The number of aliphatic hydroxyl groups excluding tert-OH is 1. The average Bonchev–Trinajstić information content (AvgIpc) is 2.98. The van der Waals surface area contributed by atoms with E-state index in [-0.39, 0.29) is 12.7 Å². The molecule has 2 atom stereocenters. The summed E-state index contributed by atoms with van der Waals surface area (Å²) in [6, 6.07) is 9.53. The van der Waals surface area contributed by atoms with Crippen molar-refractivity contribution in [2.75, 3.05) is 13.2 Å². The Morgan fingerprint density at radius 1 is 1.47 bits per heavy atom. The van der Waals surface area contributed by atoms with Gasteiger partial charge < -0.3 is 19.9 Å². The zero-order valence-electron chi connectivity index (χ0n) is 10.5. The number of carbonyl (C=O) groups excluding carboxylic acids is 1. The lowest BCUT2D eigenvalue weighted by atomic mass is 10.2. The number of hydrogen-bond donors (Lipinski definition) is 2. The molecule has 1 aliphatic heterocycles. The summed E-state index contributed by atoms with van der Waals surface area (Å²) >= 11 is 0. The van der Waals surface area contributed by atoms with Crippen LogP contribution in [0.15, 0.2) is 42.5 Å². The maximum Gasteiger partial charge on any atom is 0.407 e. The molecule has 1 aromatic carbocycles. The van der Waals surface area contributed by atoms with Gasteiger partial charge in [-0.25, -0.2) is 4.79 Å². The number of alkyl carbamates (subject to hydrolysis) is 1. The van der Waals surface area contributed by atoms with E-state index in [1.807, 2.05) is 36.4 Å². The lowest BCUT2D eigenvalue weighted by molar-refractivity contribution is -0.0202. The van der Waals surface area contributed by atoms with Crippen molar-refractivity contribution in [3.05, 3.63) is 48.0 Å². The third-order valence-electron chi connectivity index (χ3n) is 2.75. The van der Waals surface area contributed by atoms with Crippen molar-refractivity contribution in [1.82, 2.24) is 5.32 Å². The molecule has 0 radical (unpaired) electrons. The molecule has 1 heterocycles. The Labute approximate surface area is 111 Å². The Morgan fingerprint density at radius 2 is 2.26 bits per heavy atom. The summed E-state index contributed by atoms with van der Waals surface area (Å²) in [5, 5.41) is 12.3. The zero-order valence-corrected chi connectivity index (χ0v) is 10.5. The van der Waals surface area contributed by atoms with E-state index in [4.69, 9.17) is 9.47 Å². The van der Waals surface area contributed by atoms with Crippen LogP contribution in [0.25, 0.3) is 0 Å². The molecule has 1 aliphatic rings. The second-order valence-corrected chi connectivity index (χ2v) is 4.23. The highest BCUT2D eigenvalue weighted by atomic mass is 16.6. The lowest BCUT2D eigenvalue weighted by Crippen LogP contribution is -2.33. The number of amides is 1. The van der Waals surface area contributed by atoms with Crippen LogP contribution in [0.1, 0.15) is 5.56 Å². The average molecular weight is 263 g/mol. The number of nitrogens with one attached hydrogen (secondary N) is 1. The third kappa shape index (κ3) is 4.39. The van der Waals surface area contributed by atoms with E-state index < -0.39 is 12.2 Å². The van der Waals surface area contributed by atoms with Crippen LogP contribution in [0.2, 0.25) is 0 Å². The number of ether oxygens (including phenoxy) is 2. The van der Waals surface area contributed by atoms with Gasteiger partial charge in [-0.05, 0) is 5.56 Å². The minimum Gasteiger partial charge on any atom is -0.447 e. The van der Waals surface area contributed by atoms with Gasteiger partial charge in [-0.15, -0.1) is 0 Å². The van der Waals surface area contributed by atoms with Gasteiger partial charge >= 0.3 is 6.09 Å². The predicted molar refractivity (Wildman–Crippen MR) is 69.5 cm³/mol. The molecule has 19 heavy (non-hydrogen) atoms. The second-order valence-electron chi connectivity index (χ2n) is 4.23. The number of benzene rings is 1. The smallest absolute Gasteiger partial charge is 0.407 e. The minimum absolute atomic E-state index is 0.0877. The minimum atomic E-state index is -0.832. The molecular weight excluding hydrogens is 246 g/mol. The molecule has 5 heteroatoms. The van der Waals surface area contributed by atoms with Crippen LogP contribution in [0.3, 0.4) is 0 Å². The van der Waals surface area contributed by atoms with Crippen molar-refractivity contribution in [3.63, 3.8) is 0 Å². The maximum atomic E-state index is 11.4. The molecule has 2 rings (SSSR count). The molecule has 2 N–H and O–H groups in total. The highest BCUT2D eigenvalue weighted by molar-refractivity contribution is 5.67. The first-order valence-electron chi connectivity index (χ1n) is 6.16. The number of rotatable bonds is 5. The van der Waals surface area contributed by atoms with E-state index in [2.05, 4.69) is 5.32 Å². The molecule has 0 bridgehead atoms. The van der Waals surface area contributed by atoms with Gasteiger partial charge in [0.25, 0.3) is 0 Å². The summed E-state index contributed by atoms with van der Waals surface area (Å²) in [7, 11) is 0. The van der Waals surface area contributed by atoms with Crippen LogP contribution >= 0.6 is 0 Å². The van der Waals surface area contributed by atoms with E-state index in [1.165, 1.54) is 0 Å². The monoisotopic (exact) mass is 263 g/mol. The van der Waals surface area contributed by atoms with E-state index in [9.17, 15) is 9.90 Å². The molecule has 0 saturated carbocycles. The summed E-state index contributed by atoms with van der Waals surface area (Å²) in [6.07, 6.45) is 1.81. The molecule has 0 unspecified atom stereocenters. The first-order valence-corrected chi connectivity index (χ1v) is 6.16. The number of carbonyl (C=O) groups is 1. The van der Waals surface area contributed by atoms with Crippen molar-refractivity contribution in [2.24, 2.45) is 0 Å². The quantitative estimate of drug-likeness (QED) is 0.784. The Hall–Kier alpha value is -1.85. The van der Waals surface area contributed by atoms with Crippen molar-refractivity contribution in [1.29, 1.82) is 0 Å². The predicted octanol–water partition coefficient (Wildman–Crippen LogP) is 1.23. The largest absolute Gasteiger partial charge is 0.447 e. The van der Waals surface area contributed by atoms with Crippen LogP contribution < -0.4 is 5.32 Å². The molecule has 1 amide bonds. The SMILES string of the molecule is O=C(NCc1ccccc1)OC[C@H](O)[C@H]1C=CCO1. The summed E-state index contributed by atoms with van der Waals surface area (Å²) in [4.78, 5) is 11.4. The normalized spacial score (nSPS) is 19.1. The molecule has 5 nitrogen and oxygen atoms in total. The van der Waals surface area contributed by atoms with E-state index >= 15 is 0 Å². The first kappa shape index (κ1) is 13.6. The molecule has 0 aromatic heterocycles. The molecule has 0 fully saturated rings. The van der Waals surface area contributed by atoms with Crippen LogP contribution in [0, 0.1) is 0 Å². The Bertz CT molecular complexity index is 432. The fraction of sp³-hybridized carbons (Fsp3) is 0.357. The van der Waals surface area contributed by atoms with Gasteiger partial charge in [-0.2, -0.15) is 0 Å². The lowest BCUT2D eigenvalue weighted by Gasteiger charge is -2.16. The Balaban J connectivity index is 1.65. The molecule has 0 aliphatic carbocycles. The first-order chi connectivity index (χ1) is 9.25. The standard InChI is InChI=1S/C14H17NO4/c16-12(13-7-4-8-18-13)10-19-14(17)15-9-11-5-2-1-3-6-11/h1-7,12-13,16H,8-10H2,(H,15,17)/t12-,13+/m0/s1. The zero-order chi connectivity index (χ0) is 13.5. The third-order valence-corrected chi connectivity index (χ3v) is 2.75. The van der Waals surface area contributed by atoms with Gasteiger partial charge in [0.2, 0.25) is 0 Å². The molecule has 102 valence electrons. The van der Waals surface area contributed by atoms with Gasteiger partial charge in [0.1, 0.15) is 18.8 Å². The topological polar surface area (TPSA) is 67.8 Å². The second kappa shape index (κ2) is 6.92. The highest BCUT2D eigenvalue weighted by Gasteiger charge is 2.21. The van der Waals surface area contributed by atoms with Gasteiger partial charge in [0, 0.05) is 6.54 Å². The van der Waals surface area contributed by atoms with Crippen molar-refractivity contribution >= 4 is 6.09 Å². The maximum absolute atomic E-state index is 11.4. The van der Waals surface area contributed by atoms with Crippen molar-refractivity contribution in [2.45, 2.75) is 18.8 Å². The molecule has 0 saturated heterocycles. The summed E-state index contributed by atoms with van der Waals surface area (Å²) in [5.74, 6) is 0. The Kier molecular flexibility index (Phi) is 4.94. The summed E-state index contributed by atoms with van der Waals surface area (Å²) < 4.78 is 10.1. The highest BCUT2D eigenvalue weighted by Crippen LogP contribution is 2.08. The molecule has 1 aromatic rings. The van der Waals surface area contributed by atoms with Crippen LogP contribution in [0.4, 0.5) is 4.79 Å². The van der Waals surface area contributed by atoms with Crippen LogP contribution in [-0.4, -0.2) is 36.6 Å². The van der Waals surface area contributed by atoms with Crippen LogP contribution in [0.5, 0.6) is 0 Å². The molecule has 0 spiro atoms. The number of aliphatic hydroxyl groups is 1. The molecular formula is C14H17NO4. The Morgan fingerprint density at radius 3 is 2.95 bits per heavy atom. The summed E-state index contributed by atoms with van der Waals surface area (Å²) in [6.45, 7) is 0.799. The van der Waals surface area contributed by atoms with Crippen LogP contribution in [-0.2, 0) is 16.0 Å². The fourth-order valence-electron chi connectivity index (χ4n) is 1.73. The van der Waals surface area contributed by atoms with E-state index in [1.54, 1.807) is 6.08 Å². The van der Waals surface area contributed by atoms with Crippen molar-refractivity contribution < 1.29 is 19.4 Å². The van der Waals surface area contributed by atoms with Gasteiger partial charge in [0.15, 0.2) is 0 Å².